The van der Waals surface area contributed by atoms with Crippen LogP contribution in [-0.2, 0) is 4.79 Å². The number of nitrogens with one attached hydrogen (secondary N) is 1. The van der Waals surface area contributed by atoms with Gasteiger partial charge in [-0.3, -0.25) is 4.79 Å². The summed E-state index contributed by atoms with van der Waals surface area (Å²) in [6, 6.07) is 7.74. The molecule has 2 rings (SSSR count). The van der Waals surface area contributed by atoms with E-state index in [0.29, 0.717) is 6.42 Å². The average Bonchev–Trinajstić information content (AvgIpc) is 2.47. The lowest BCUT2D eigenvalue weighted by Gasteiger charge is -2.33. The van der Waals surface area contributed by atoms with E-state index in [0.717, 1.165) is 37.0 Å². The molecule has 4 nitrogen and oxygen atoms in total. The molecule has 1 aromatic rings. The molecule has 0 radical (unpaired) electrons. The monoisotopic (exact) mass is 290 g/mol. The van der Waals surface area contributed by atoms with Gasteiger partial charge in [0, 0.05) is 12.0 Å². The summed E-state index contributed by atoms with van der Waals surface area (Å²) in [6.07, 6.45) is 5.85. The van der Waals surface area contributed by atoms with Gasteiger partial charge >= 0.3 is 0 Å². The summed E-state index contributed by atoms with van der Waals surface area (Å²) in [5, 5.41) is 3.05. The SMILES string of the molecule is COc1ccc(C(C)NC(=O)CC2(N)CCCCC2)cc1. The Balaban J connectivity index is 1.88. The number of methoxy groups -OCH3 is 1. The third kappa shape index (κ3) is 4.46. The third-order valence-electron chi connectivity index (χ3n) is 4.36. The molecule has 0 bridgehead atoms. The number of hydrogen-bond acceptors (Lipinski definition) is 3. The molecule has 1 fully saturated rings. The van der Waals surface area contributed by atoms with E-state index >= 15 is 0 Å². The van der Waals surface area contributed by atoms with Crippen LogP contribution < -0.4 is 15.8 Å². The van der Waals surface area contributed by atoms with E-state index in [1.165, 1.54) is 6.42 Å². The molecule has 0 aliphatic heterocycles. The largest absolute Gasteiger partial charge is 0.497 e. The average molecular weight is 290 g/mol. The van der Waals surface area contributed by atoms with Gasteiger partial charge in [0.2, 0.25) is 5.91 Å². The molecule has 1 saturated carbocycles. The lowest BCUT2D eigenvalue weighted by molar-refractivity contribution is -0.123. The van der Waals surface area contributed by atoms with Gasteiger partial charge in [-0.1, -0.05) is 31.4 Å². The van der Waals surface area contributed by atoms with E-state index in [1.54, 1.807) is 7.11 Å². The highest BCUT2D eigenvalue weighted by molar-refractivity contribution is 5.77. The van der Waals surface area contributed by atoms with Crippen molar-refractivity contribution in [2.24, 2.45) is 5.73 Å². The zero-order chi connectivity index (χ0) is 15.3. The summed E-state index contributed by atoms with van der Waals surface area (Å²) in [5.41, 5.74) is 7.10. The number of benzene rings is 1. The highest BCUT2D eigenvalue weighted by atomic mass is 16.5. The molecule has 0 spiro atoms. The Morgan fingerprint density at radius 3 is 2.48 bits per heavy atom. The highest BCUT2D eigenvalue weighted by Crippen LogP contribution is 2.29. The zero-order valence-electron chi connectivity index (χ0n) is 13.0. The van der Waals surface area contributed by atoms with Crippen molar-refractivity contribution >= 4 is 5.91 Å². The van der Waals surface area contributed by atoms with Crippen LogP contribution in [0.1, 0.15) is 57.1 Å². The first-order valence-electron chi connectivity index (χ1n) is 7.75. The van der Waals surface area contributed by atoms with Gasteiger partial charge in [0.25, 0.3) is 0 Å². The van der Waals surface area contributed by atoms with Crippen LogP contribution in [0.4, 0.5) is 0 Å². The maximum atomic E-state index is 12.2. The predicted octanol–water partition coefficient (Wildman–Crippen LogP) is 2.92. The van der Waals surface area contributed by atoms with Crippen LogP contribution in [0.3, 0.4) is 0 Å². The van der Waals surface area contributed by atoms with E-state index in [2.05, 4.69) is 5.32 Å². The number of nitrogens with two attached hydrogens (primary N) is 1. The van der Waals surface area contributed by atoms with Gasteiger partial charge in [-0.15, -0.1) is 0 Å². The van der Waals surface area contributed by atoms with E-state index in [-0.39, 0.29) is 17.5 Å². The quantitative estimate of drug-likeness (QED) is 0.876. The number of carbonyl (C=O) groups excluding carboxylic acids is 1. The fourth-order valence-corrected chi connectivity index (χ4v) is 3.02. The predicted molar refractivity (Wildman–Crippen MR) is 84.2 cm³/mol. The number of carbonyl (C=O) groups is 1. The second kappa shape index (κ2) is 6.94. The standard InChI is InChI=1S/C17H26N2O2/c1-13(14-6-8-15(21-2)9-7-14)19-16(20)12-17(18)10-4-3-5-11-17/h6-9,13H,3-5,10-12,18H2,1-2H3,(H,19,20). The highest BCUT2D eigenvalue weighted by Gasteiger charge is 2.30. The van der Waals surface area contributed by atoms with Crippen LogP contribution in [0.5, 0.6) is 5.75 Å². The van der Waals surface area contributed by atoms with Gasteiger partial charge in [-0.25, -0.2) is 0 Å². The molecular formula is C17H26N2O2. The molecule has 4 heteroatoms. The normalized spacial score (nSPS) is 18.8. The molecular weight excluding hydrogens is 264 g/mol. The molecule has 3 N–H and O–H groups in total. The van der Waals surface area contributed by atoms with Crippen LogP contribution in [0, 0.1) is 0 Å². The van der Waals surface area contributed by atoms with Crippen molar-refractivity contribution in [1.82, 2.24) is 5.32 Å². The van der Waals surface area contributed by atoms with Gasteiger partial charge in [-0.05, 0) is 37.5 Å². The van der Waals surface area contributed by atoms with Gasteiger partial charge in [0.05, 0.1) is 13.2 Å². The van der Waals surface area contributed by atoms with E-state index < -0.39 is 0 Å². The molecule has 1 aliphatic rings. The first-order chi connectivity index (χ1) is 10.0. The molecule has 1 aliphatic carbocycles. The second-order valence-corrected chi connectivity index (χ2v) is 6.16. The minimum Gasteiger partial charge on any atom is -0.497 e. The molecule has 1 aromatic carbocycles. The summed E-state index contributed by atoms with van der Waals surface area (Å²) in [4.78, 5) is 12.2. The van der Waals surface area contributed by atoms with Crippen molar-refractivity contribution in [3.63, 3.8) is 0 Å². The van der Waals surface area contributed by atoms with Crippen molar-refractivity contribution in [3.8, 4) is 5.75 Å². The van der Waals surface area contributed by atoms with E-state index in [4.69, 9.17) is 10.5 Å². The van der Waals surface area contributed by atoms with Crippen molar-refractivity contribution in [1.29, 1.82) is 0 Å². The number of ether oxygens (including phenoxy) is 1. The molecule has 1 unspecified atom stereocenters. The Hall–Kier alpha value is -1.55. The number of rotatable bonds is 5. The summed E-state index contributed by atoms with van der Waals surface area (Å²) < 4.78 is 5.14. The Morgan fingerprint density at radius 1 is 1.29 bits per heavy atom. The number of hydrogen-bond donors (Lipinski definition) is 2. The fraction of sp³-hybridized carbons (Fsp3) is 0.588. The van der Waals surface area contributed by atoms with Crippen LogP contribution in [0.15, 0.2) is 24.3 Å². The second-order valence-electron chi connectivity index (χ2n) is 6.16. The van der Waals surface area contributed by atoms with Gasteiger partial charge in [0.15, 0.2) is 0 Å². The first kappa shape index (κ1) is 15.8. The summed E-state index contributed by atoms with van der Waals surface area (Å²) in [7, 11) is 1.64. The van der Waals surface area contributed by atoms with Crippen LogP contribution in [0.2, 0.25) is 0 Å². The van der Waals surface area contributed by atoms with Crippen LogP contribution in [0.25, 0.3) is 0 Å². The molecule has 0 aromatic heterocycles. The smallest absolute Gasteiger partial charge is 0.222 e. The Bertz CT molecular complexity index is 464. The number of amides is 1. The lowest BCUT2D eigenvalue weighted by atomic mass is 9.80. The van der Waals surface area contributed by atoms with E-state index in [9.17, 15) is 4.79 Å². The topological polar surface area (TPSA) is 64.3 Å². The Morgan fingerprint density at radius 2 is 1.90 bits per heavy atom. The van der Waals surface area contributed by atoms with Crippen LogP contribution in [-0.4, -0.2) is 18.6 Å². The van der Waals surface area contributed by atoms with Gasteiger partial charge in [0.1, 0.15) is 5.75 Å². The van der Waals surface area contributed by atoms with Crippen molar-refractivity contribution in [2.45, 2.75) is 57.0 Å². The third-order valence-corrected chi connectivity index (χ3v) is 4.36. The molecule has 0 saturated heterocycles. The summed E-state index contributed by atoms with van der Waals surface area (Å²) in [6.45, 7) is 1.99. The van der Waals surface area contributed by atoms with Gasteiger partial charge in [-0.2, -0.15) is 0 Å². The van der Waals surface area contributed by atoms with Crippen molar-refractivity contribution in [3.05, 3.63) is 29.8 Å². The molecule has 116 valence electrons. The lowest BCUT2D eigenvalue weighted by Crippen LogP contribution is -2.46. The van der Waals surface area contributed by atoms with Crippen LogP contribution >= 0.6 is 0 Å². The maximum Gasteiger partial charge on any atom is 0.222 e. The van der Waals surface area contributed by atoms with Crippen molar-refractivity contribution in [2.75, 3.05) is 7.11 Å². The minimum atomic E-state index is -0.304. The Labute approximate surface area is 127 Å². The first-order valence-corrected chi connectivity index (χ1v) is 7.75. The zero-order valence-corrected chi connectivity index (χ0v) is 13.0. The maximum absolute atomic E-state index is 12.2. The van der Waals surface area contributed by atoms with Gasteiger partial charge < -0.3 is 15.8 Å². The molecule has 21 heavy (non-hydrogen) atoms. The van der Waals surface area contributed by atoms with E-state index in [1.807, 2.05) is 31.2 Å². The van der Waals surface area contributed by atoms with Crippen molar-refractivity contribution < 1.29 is 9.53 Å². The Kier molecular flexibility index (Phi) is 5.23. The summed E-state index contributed by atoms with van der Waals surface area (Å²) >= 11 is 0. The molecule has 1 amide bonds. The summed E-state index contributed by atoms with van der Waals surface area (Å²) in [5.74, 6) is 0.864. The molecule has 0 heterocycles. The molecule has 1 atom stereocenters. The fourth-order valence-electron chi connectivity index (χ4n) is 3.02. The minimum absolute atomic E-state index is 0.0180.